The lowest BCUT2D eigenvalue weighted by Crippen LogP contribution is -2.02. The minimum absolute atomic E-state index is 0.0787. The average molecular weight is 423 g/mol. The Morgan fingerprint density at radius 2 is 2.03 bits per heavy atom. The number of imidazole rings is 1. The summed E-state index contributed by atoms with van der Waals surface area (Å²) in [7, 11) is 0. The predicted octanol–water partition coefficient (Wildman–Crippen LogP) is 4.49. The number of carbonyl (C=O) groups is 1. The van der Waals surface area contributed by atoms with Crippen LogP contribution in [0.1, 0.15) is 16.0 Å². The first-order valence-corrected chi connectivity index (χ1v) is 9.87. The van der Waals surface area contributed by atoms with Crippen LogP contribution in [-0.4, -0.2) is 25.4 Å². The van der Waals surface area contributed by atoms with Crippen LogP contribution in [0.2, 0.25) is 0 Å². The number of rotatable bonds is 7. The van der Waals surface area contributed by atoms with Crippen LogP contribution in [0, 0.1) is 17.0 Å². The van der Waals surface area contributed by atoms with E-state index in [1.54, 1.807) is 29.8 Å². The number of nitro benzene ring substituents is 1. The number of hydrogen-bond acceptors (Lipinski definition) is 6. The highest BCUT2D eigenvalue weighted by Gasteiger charge is 2.24. The smallest absolute Gasteiger partial charge is 0.311 e. The first kappa shape index (κ1) is 19.6. The zero-order valence-corrected chi connectivity index (χ0v) is 16.8. The minimum atomic E-state index is -0.911. The van der Waals surface area contributed by atoms with Crippen LogP contribution in [0.3, 0.4) is 0 Å². The number of ether oxygens (including phenoxy) is 1. The maximum Gasteiger partial charge on any atom is 0.311 e. The van der Waals surface area contributed by atoms with E-state index in [0.717, 1.165) is 5.56 Å². The number of benzene rings is 2. The SMILES string of the molecule is Cc1cc(-c2cn3cc(CC(=O)O)sc3n2)c(OCc2ccccc2)c([N+](=O)[O-])c1. The number of hydrogen-bond donors (Lipinski definition) is 1. The lowest BCUT2D eigenvalue weighted by Gasteiger charge is -2.12. The highest BCUT2D eigenvalue weighted by Crippen LogP contribution is 2.40. The maximum absolute atomic E-state index is 11.7. The molecule has 2 aromatic heterocycles. The normalized spacial score (nSPS) is 11.0. The molecular formula is C21H17N3O5S. The molecule has 0 saturated carbocycles. The Morgan fingerprint density at radius 1 is 1.27 bits per heavy atom. The molecule has 152 valence electrons. The minimum Gasteiger partial charge on any atom is -0.481 e. The standard InChI is InChI=1S/C21H17N3O5S/c1-13-7-16(17-11-23-10-15(9-19(25)26)30-21(23)22-17)20(18(8-13)24(27)28)29-12-14-5-3-2-4-6-14/h2-8,10-11H,9,12H2,1H3,(H,25,26). The Balaban J connectivity index is 1.76. The van der Waals surface area contributed by atoms with Crippen LogP contribution in [0.5, 0.6) is 5.75 Å². The molecule has 0 amide bonds. The van der Waals surface area contributed by atoms with Gasteiger partial charge in [-0.2, -0.15) is 0 Å². The second-order valence-electron chi connectivity index (χ2n) is 6.78. The van der Waals surface area contributed by atoms with Crippen LogP contribution in [0.25, 0.3) is 16.2 Å². The van der Waals surface area contributed by atoms with Crippen LogP contribution < -0.4 is 4.74 Å². The summed E-state index contributed by atoms with van der Waals surface area (Å²) >= 11 is 1.27. The summed E-state index contributed by atoms with van der Waals surface area (Å²) in [4.78, 5) is 28.0. The molecule has 1 N–H and O–H groups in total. The summed E-state index contributed by atoms with van der Waals surface area (Å²) < 4.78 is 7.64. The summed E-state index contributed by atoms with van der Waals surface area (Å²) in [6, 6.07) is 12.7. The number of aryl methyl sites for hydroxylation is 1. The van der Waals surface area contributed by atoms with E-state index >= 15 is 0 Å². The summed E-state index contributed by atoms with van der Waals surface area (Å²) in [6.07, 6.45) is 3.36. The Bertz CT molecular complexity index is 1220. The third-order valence-corrected chi connectivity index (χ3v) is 5.44. The van der Waals surface area contributed by atoms with Crippen LogP contribution >= 0.6 is 11.3 Å². The van der Waals surface area contributed by atoms with Gasteiger partial charge in [-0.15, -0.1) is 11.3 Å². The molecule has 30 heavy (non-hydrogen) atoms. The lowest BCUT2D eigenvalue weighted by molar-refractivity contribution is -0.385. The largest absolute Gasteiger partial charge is 0.481 e. The molecule has 0 aliphatic rings. The van der Waals surface area contributed by atoms with Gasteiger partial charge in [0, 0.05) is 23.3 Å². The summed E-state index contributed by atoms with van der Waals surface area (Å²) in [5, 5.41) is 20.6. The van der Waals surface area contributed by atoms with Crippen molar-refractivity contribution in [2.24, 2.45) is 0 Å². The molecule has 4 aromatic rings. The number of nitrogens with zero attached hydrogens (tertiary/aromatic N) is 3. The van der Waals surface area contributed by atoms with Gasteiger partial charge in [0.2, 0.25) is 5.75 Å². The maximum atomic E-state index is 11.7. The summed E-state index contributed by atoms with van der Waals surface area (Å²) in [5.41, 5.74) is 2.53. The van der Waals surface area contributed by atoms with E-state index in [4.69, 9.17) is 9.84 Å². The fourth-order valence-electron chi connectivity index (χ4n) is 3.17. The fraction of sp³-hybridized carbons (Fsp3) is 0.143. The monoisotopic (exact) mass is 423 g/mol. The molecule has 0 unspecified atom stereocenters. The van der Waals surface area contributed by atoms with Crippen LogP contribution in [0.15, 0.2) is 54.9 Å². The van der Waals surface area contributed by atoms with Gasteiger partial charge < -0.3 is 9.84 Å². The number of carboxylic acids is 1. The van der Waals surface area contributed by atoms with Crippen molar-refractivity contribution in [3.63, 3.8) is 0 Å². The lowest BCUT2D eigenvalue weighted by atomic mass is 10.1. The molecule has 0 radical (unpaired) electrons. The van der Waals surface area contributed by atoms with E-state index in [2.05, 4.69) is 4.98 Å². The molecule has 0 bridgehead atoms. The highest BCUT2D eigenvalue weighted by molar-refractivity contribution is 7.17. The first-order valence-electron chi connectivity index (χ1n) is 9.06. The molecule has 0 aliphatic carbocycles. The molecule has 2 aromatic carbocycles. The fourth-order valence-corrected chi connectivity index (χ4v) is 4.12. The van der Waals surface area contributed by atoms with E-state index in [1.165, 1.54) is 17.4 Å². The van der Waals surface area contributed by atoms with E-state index < -0.39 is 10.9 Å². The number of nitro groups is 1. The average Bonchev–Trinajstić information content (AvgIpc) is 3.25. The molecule has 0 atom stereocenters. The quantitative estimate of drug-likeness (QED) is 0.347. The van der Waals surface area contributed by atoms with Crippen molar-refractivity contribution in [3.05, 3.63) is 81.0 Å². The number of carboxylic acid groups (broad SMARTS) is 1. The van der Waals surface area contributed by atoms with Crippen LogP contribution in [-0.2, 0) is 17.8 Å². The number of thiazole rings is 1. The van der Waals surface area contributed by atoms with Crippen LogP contribution in [0.4, 0.5) is 5.69 Å². The van der Waals surface area contributed by atoms with Gasteiger partial charge in [-0.3, -0.25) is 19.3 Å². The van der Waals surface area contributed by atoms with Crippen molar-refractivity contribution in [1.82, 2.24) is 9.38 Å². The number of aliphatic carboxylic acids is 1. The Morgan fingerprint density at radius 3 is 2.70 bits per heavy atom. The van der Waals surface area contributed by atoms with Gasteiger partial charge in [-0.05, 0) is 24.1 Å². The Labute approximate surface area is 175 Å². The van der Waals surface area contributed by atoms with Gasteiger partial charge in [-0.25, -0.2) is 4.98 Å². The first-order chi connectivity index (χ1) is 14.4. The summed E-state index contributed by atoms with van der Waals surface area (Å²) in [5.74, 6) is -0.753. The van der Waals surface area contributed by atoms with Gasteiger partial charge >= 0.3 is 11.7 Å². The Kier molecular flexibility index (Phi) is 5.20. The van der Waals surface area contributed by atoms with Gasteiger partial charge in [0.1, 0.15) is 6.61 Å². The highest BCUT2D eigenvalue weighted by atomic mass is 32.1. The predicted molar refractivity (Wildman–Crippen MR) is 112 cm³/mol. The van der Waals surface area contributed by atoms with Gasteiger partial charge in [0.15, 0.2) is 4.96 Å². The topological polar surface area (TPSA) is 107 Å². The van der Waals surface area contributed by atoms with Crippen molar-refractivity contribution in [2.75, 3.05) is 0 Å². The van der Waals surface area contributed by atoms with Crippen molar-refractivity contribution in [2.45, 2.75) is 20.0 Å². The van der Waals surface area contributed by atoms with Gasteiger partial charge in [0.05, 0.1) is 22.6 Å². The number of aromatic nitrogens is 2. The van der Waals surface area contributed by atoms with Crippen molar-refractivity contribution >= 4 is 28.0 Å². The van der Waals surface area contributed by atoms with Gasteiger partial charge in [0.25, 0.3) is 0 Å². The zero-order valence-electron chi connectivity index (χ0n) is 15.9. The van der Waals surface area contributed by atoms with Crippen molar-refractivity contribution < 1.29 is 19.6 Å². The van der Waals surface area contributed by atoms with E-state index in [-0.39, 0.29) is 24.5 Å². The zero-order chi connectivity index (χ0) is 21.3. The molecule has 0 fully saturated rings. The van der Waals surface area contributed by atoms with Crippen molar-refractivity contribution in [3.8, 4) is 17.0 Å². The molecule has 8 nitrogen and oxygen atoms in total. The molecule has 2 heterocycles. The molecule has 0 aliphatic heterocycles. The second-order valence-corrected chi connectivity index (χ2v) is 7.87. The number of fused-ring (bicyclic) bond motifs is 1. The molecule has 9 heteroatoms. The molecule has 4 rings (SSSR count). The second kappa shape index (κ2) is 7.96. The third kappa shape index (κ3) is 4.01. The molecule has 0 spiro atoms. The van der Waals surface area contributed by atoms with Gasteiger partial charge in [-0.1, -0.05) is 30.3 Å². The third-order valence-electron chi connectivity index (χ3n) is 4.44. The summed E-state index contributed by atoms with van der Waals surface area (Å²) in [6.45, 7) is 1.96. The molecule has 0 saturated heterocycles. The van der Waals surface area contributed by atoms with E-state index in [1.807, 2.05) is 30.3 Å². The molecular weight excluding hydrogens is 406 g/mol. The van der Waals surface area contributed by atoms with Crippen molar-refractivity contribution in [1.29, 1.82) is 0 Å². The Hall–Kier alpha value is -3.72. The van der Waals surface area contributed by atoms with E-state index in [0.29, 0.717) is 26.7 Å². The van der Waals surface area contributed by atoms with E-state index in [9.17, 15) is 14.9 Å².